The number of imide groups is 1. The van der Waals surface area contributed by atoms with Crippen LogP contribution in [0.4, 0.5) is 0 Å². The minimum Gasteiger partial charge on any atom is -0.299 e. The Bertz CT molecular complexity index is 846. The number of amides is 3. The van der Waals surface area contributed by atoms with Crippen LogP contribution in [-0.2, 0) is 19.2 Å². The Morgan fingerprint density at radius 3 is 2.28 bits per heavy atom. The highest BCUT2D eigenvalue weighted by molar-refractivity contribution is 6.04. The van der Waals surface area contributed by atoms with E-state index in [1.54, 1.807) is 0 Å². The molecule has 2 rings (SSSR count). The second-order valence-corrected chi connectivity index (χ2v) is 8.98. The van der Waals surface area contributed by atoms with Gasteiger partial charge in [-0.05, 0) is 30.7 Å². The molecule has 7 heteroatoms. The van der Waals surface area contributed by atoms with Gasteiger partial charge in [-0.2, -0.15) is 5.10 Å². The smallest absolute Gasteiger partial charge is 0.241 e. The third kappa shape index (κ3) is 7.39. The fourth-order valence-corrected chi connectivity index (χ4v) is 3.64. The van der Waals surface area contributed by atoms with E-state index in [4.69, 9.17) is 0 Å². The van der Waals surface area contributed by atoms with Gasteiger partial charge in [0.1, 0.15) is 5.78 Å². The zero-order valence-corrected chi connectivity index (χ0v) is 19.6. The highest BCUT2D eigenvalue weighted by Gasteiger charge is 2.39. The van der Waals surface area contributed by atoms with Crippen molar-refractivity contribution < 1.29 is 19.2 Å². The number of nitrogens with one attached hydrogen (secondary N) is 1. The summed E-state index contributed by atoms with van der Waals surface area (Å²) < 4.78 is 0. The van der Waals surface area contributed by atoms with E-state index in [0.29, 0.717) is 12.8 Å². The van der Waals surface area contributed by atoms with Gasteiger partial charge >= 0.3 is 0 Å². The molecule has 0 radical (unpaired) electrons. The van der Waals surface area contributed by atoms with Crippen molar-refractivity contribution in [1.82, 2.24) is 10.3 Å². The summed E-state index contributed by atoms with van der Waals surface area (Å²) in [6.07, 6.45) is 2.96. The van der Waals surface area contributed by atoms with Gasteiger partial charge in [-0.15, -0.1) is 0 Å². The van der Waals surface area contributed by atoms with E-state index in [1.165, 1.54) is 4.90 Å². The SMILES string of the molecule is CC(C)C(=O)CCCC/C(=N/NC(=O)CCN1C(=O)CC(C(C)C)C1=O)c1ccccc1. The fourth-order valence-electron chi connectivity index (χ4n) is 3.64. The van der Waals surface area contributed by atoms with Crippen molar-refractivity contribution >= 4 is 29.2 Å². The number of ketones is 1. The highest BCUT2D eigenvalue weighted by Crippen LogP contribution is 2.26. The van der Waals surface area contributed by atoms with Gasteiger partial charge in [-0.1, -0.05) is 58.0 Å². The lowest BCUT2D eigenvalue weighted by atomic mass is 9.94. The third-order valence-corrected chi connectivity index (χ3v) is 5.80. The quantitative estimate of drug-likeness (QED) is 0.231. The van der Waals surface area contributed by atoms with Crippen molar-refractivity contribution in [2.75, 3.05) is 6.54 Å². The standard InChI is InChI=1S/C25H35N3O4/c1-17(2)20-16-24(31)28(25(20)32)15-14-23(30)27-26-21(19-10-6-5-7-11-19)12-8-9-13-22(29)18(3)4/h5-7,10-11,17-18,20H,8-9,12-16H2,1-4H3,(H,27,30)/b26-21-. The van der Waals surface area contributed by atoms with Crippen LogP contribution in [0.25, 0.3) is 0 Å². The molecule has 0 saturated carbocycles. The molecule has 1 heterocycles. The largest absolute Gasteiger partial charge is 0.299 e. The number of rotatable bonds is 12. The molecular weight excluding hydrogens is 406 g/mol. The third-order valence-electron chi connectivity index (χ3n) is 5.80. The molecule has 1 aliphatic heterocycles. The Balaban J connectivity index is 1.91. The van der Waals surface area contributed by atoms with Gasteiger partial charge in [0.2, 0.25) is 17.7 Å². The van der Waals surface area contributed by atoms with E-state index < -0.39 is 0 Å². The number of hydrazone groups is 1. The molecule has 0 spiro atoms. The second kappa shape index (κ2) is 12.3. The Morgan fingerprint density at radius 1 is 1.03 bits per heavy atom. The lowest BCUT2D eigenvalue weighted by Gasteiger charge is -2.16. The minimum atomic E-state index is -0.345. The van der Waals surface area contributed by atoms with Crippen LogP contribution in [0.15, 0.2) is 35.4 Å². The van der Waals surface area contributed by atoms with Gasteiger partial charge in [-0.3, -0.25) is 24.1 Å². The van der Waals surface area contributed by atoms with Gasteiger partial charge in [0.05, 0.1) is 5.71 Å². The van der Waals surface area contributed by atoms with Crippen LogP contribution in [-0.4, -0.2) is 40.7 Å². The Labute approximate surface area is 190 Å². The maximum atomic E-state index is 12.4. The summed E-state index contributed by atoms with van der Waals surface area (Å²) >= 11 is 0. The van der Waals surface area contributed by atoms with E-state index in [2.05, 4.69) is 10.5 Å². The van der Waals surface area contributed by atoms with E-state index in [1.807, 2.05) is 58.0 Å². The topological polar surface area (TPSA) is 95.9 Å². The van der Waals surface area contributed by atoms with Gasteiger partial charge in [0.15, 0.2) is 0 Å². The first-order chi connectivity index (χ1) is 15.2. The van der Waals surface area contributed by atoms with Crippen LogP contribution in [0.5, 0.6) is 0 Å². The molecule has 1 aliphatic rings. The van der Waals surface area contributed by atoms with E-state index in [0.717, 1.165) is 24.1 Å². The van der Waals surface area contributed by atoms with Crippen LogP contribution in [0.1, 0.15) is 71.8 Å². The molecule has 1 saturated heterocycles. The van der Waals surface area contributed by atoms with Gasteiger partial charge < -0.3 is 0 Å². The van der Waals surface area contributed by atoms with E-state index >= 15 is 0 Å². The zero-order valence-electron chi connectivity index (χ0n) is 19.6. The number of nitrogens with zero attached hydrogens (tertiary/aromatic N) is 2. The average molecular weight is 442 g/mol. The van der Waals surface area contributed by atoms with Crippen molar-refractivity contribution in [2.24, 2.45) is 22.9 Å². The summed E-state index contributed by atoms with van der Waals surface area (Å²) in [6.45, 7) is 7.72. The van der Waals surface area contributed by atoms with Gasteiger partial charge in [0.25, 0.3) is 0 Å². The molecule has 1 N–H and O–H groups in total. The van der Waals surface area contributed by atoms with Crippen molar-refractivity contribution in [2.45, 2.75) is 66.2 Å². The second-order valence-electron chi connectivity index (χ2n) is 8.98. The molecule has 1 fully saturated rings. The number of Topliss-reactive ketones (excluding diaryl/α,β-unsaturated/α-hetero) is 1. The number of hydrogen-bond acceptors (Lipinski definition) is 5. The molecular formula is C25H35N3O4. The number of hydrogen-bond donors (Lipinski definition) is 1. The zero-order chi connectivity index (χ0) is 23.7. The Hall–Kier alpha value is -2.83. The molecule has 1 aromatic carbocycles. The summed E-state index contributed by atoms with van der Waals surface area (Å²) in [4.78, 5) is 49.9. The fraction of sp³-hybridized carbons (Fsp3) is 0.560. The first kappa shape index (κ1) is 25.4. The van der Waals surface area contributed by atoms with Crippen molar-refractivity contribution in [3.8, 4) is 0 Å². The number of likely N-dealkylation sites (tertiary alicyclic amines) is 1. The van der Waals surface area contributed by atoms with Gasteiger partial charge in [-0.25, -0.2) is 5.43 Å². The van der Waals surface area contributed by atoms with Crippen LogP contribution in [0.3, 0.4) is 0 Å². The predicted molar refractivity (Wildman–Crippen MR) is 124 cm³/mol. The van der Waals surface area contributed by atoms with Crippen LogP contribution in [0, 0.1) is 17.8 Å². The van der Waals surface area contributed by atoms with Crippen molar-refractivity contribution in [1.29, 1.82) is 0 Å². The molecule has 3 amide bonds. The highest BCUT2D eigenvalue weighted by atomic mass is 16.2. The minimum absolute atomic E-state index is 0.0107. The van der Waals surface area contributed by atoms with E-state index in [9.17, 15) is 19.2 Å². The van der Waals surface area contributed by atoms with Gasteiger partial charge in [0, 0.05) is 37.6 Å². The summed E-state index contributed by atoms with van der Waals surface area (Å²) in [7, 11) is 0. The summed E-state index contributed by atoms with van der Waals surface area (Å²) in [6, 6.07) is 9.58. The summed E-state index contributed by atoms with van der Waals surface area (Å²) in [5.74, 6) is -0.658. The van der Waals surface area contributed by atoms with Crippen LogP contribution >= 0.6 is 0 Å². The van der Waals surface area contributed by atoms with Crippen molar-refractivity contribution in [3.63, 3.8) is 0 Å². The molecule has 0 aliphatic carbocycles. The molecule has 0 bridgehead atoms. The first-order valence-corrected chi connectivity index (χ1v) is 11.5. The van der Waals surface area contributed by atoms with Crippen LogP contribution < -0.4 is 5.43 Å². The monoisotopic (exact) mass is 441 g/mol. The molecule has 1 unspecified atom stereocenters. The lowest BCUT2D eigenvalue weighted by molar-refractivity contribution is -0.140. The number of carbonyl (C=O) groups excluding carboxylic acids is 4. The average Bonchev–Trinajstić information content (AvgIpc) is 3.05. The number of unbranched alkanes of at least 4 members (excludes halogenated alkanes) is 1. The summed E-state index contributed by atoms with van der Waals surface area (Å²) in [5, 5.41) is 4.32. The van der Waals surface area contributed by atoms with E-state index in [-0.39, 0.29) is 60.6 Å². The maximum absolute atomic E-state index is 12.4. The number of carbonyl (C=O) groups is 4. The Morgan fingerprint density at radius 2 is 1.69 bits per heavy atom. The lowest BCUT2D eigenvalue weighted by Crippen LogP contribution is -2.35. The molecule has 32 heavy (non-hydrogen) atoms. The molecule has 174 valence electrons. The molecule has 0 aromatic heterocycles. The molecule has 7 nitrogen and oxygen atoms in total. The molecule has 1 atom stereocenters. The maximum Gasteiger partial charge on any atom is 0.241 e. The van der Waals surface area contributed by atoms with Crippen LogP contribution in [0.2, 0.25) is 0 Å². The predicted octanol–water partition coefficient (Wildman–Crippen LogP) is 3.71. The Kier molecular flexibility index (Phi) is 9.75. The first-order valence-electron chi connectivity index (χ1n) is 11.5. The normalized spacial score (nSPS) is 16.9. The molecule has 1 aromatic rings. The van der Waals surface area contributed by atoms with Crippen molar-refractivity contribution in [3.05, 3.63) is 35.9 Å². The summed E-state index contributed by atoms with van der Waals surface area (Å²) in [5.41, 5.74) is 4.22. The number of benzene rings is 1.